The fourth-order valence-corrected chi connectivity index (χ4v) is 4.15. The van der Waals surface area contributed by atoms with Crippen molar-refractivity contribution in [1.82, 2.24) is 10.2 Å². The van der Waals surface area contributed by atoms with Gasteiger partial charge in [0.1, 0.15) is 6.61 Å². The van der Waals surface area contributed by atoms with E-state index in [0.29, 0.717) is 25.1 Å². The quantitative estimate of drug-likeness (QED) is 0.211. The Labute approximate surface area is 214 Å². The lowest BCUT2D eigenvalue weighted by Gasteiger charge is -2.30. The third kappa shape index (κ3) is 6.68. The molecule has 0 amide bonds. The molecule has 2 aromatic rings. The maximum atomic E-state index is 13.3. The molecule has 194 valence electrons. The monoisotopic (exact) mass is 507 g/mol. The van der Waals surface area contributed by atoms with E-state index in [4.69, 9.17) is 9.47 Å². The number of dihydropyridines is 1. The molecule has 0 fully saturated rings. The highest BCUT2D eigenvalue weighted by Gasteiger charge is 2.39. The van der Waals surface area contributed by atoms with Crippen LogP contribution in [0.25, 0.3) is 0 Å². The number of benzene rings is 2. The van der Waals surface area contributed by atoms with Gasteiger partial charge < -0.3 is 14.8 Å². The van der Waals surface area contributed by atoms with E-state index in [0.717, 1.165) is 5.56 Å². The van der Waals surface area contributed by atoms with Gasteiger partial charge in [0, 0.05) is 30.9 Å². The van der Waals surface area contributed by atoms with Crippen LogP contribution in [-0.2, 0) is 30.4 Å². The molecule has 1 unspecified atom stereocenters. The lowest BCUT2D eigenvalue weighted by atomic mass is 9.80. The molecule has 0 aromatic heterocycles. The van der Waals surface area contributed by atoms with Gasteiger partial charge in [0.25, 0.3) is 5.69 Å². The second kappa shape index (κ2) is 12.6. The van der Waals surface area contributed by atoms with E-state index in [-0.39, 0.29) is 41.3 Å². The number of allylic oxidation sites excluding steroid dienone is 2. The van der Waals surface area contributed by atoms with Crippen LogP contribution in [0.15, 0.2) is 77.1 Å². The molecule has 0 spiro atoms. The van der Waals surface area contributed by atoms with Crippen molar-refractivity contribution in [1.29, 1.82) is 0 Å². The van der Waals surface area contributed by atoms with E-state index in [1.165, 1.54) is 18.2 Å². The second-order valence-electron chi connectivity index (χ2n) is 8.47. The van der Waals surface area contributed by atoms with Crippen molar-refractivity contribution in [2.45, 2.75) is 26.3 Å². The second-order valence-corrected chi connectivity index (χ2v) is 8.47. The Bertz CT molecular complexity index is 1240. The van der Waals surface area contributed by atoms with Crippen LogP contribution in [0.5, 0.6) is 0 Å². The van der Waals surface area contributed by atoms with Crippen molar-refractivity contribution in [2.75, 3.05) is 26.8 Å². The van der Waals surface area contributed by atoms with Gasteiger partial charge in [-0.3, -0.25) is 19.8 Å². The zero-order valence-corrected chi connectivity index (χ0v) is 20.9. The van der Waals surface area contributed by atoms with Crippen molar-refractivity contribution in [2.24, 2.45) is 0 Å². The first-order chi connectivity index (χ1) is 17.8. The number of nitrogens with one attached hydrogen (secondary N) is 1. The number of carbonyl (C=O) groups is 3. The summed E-state index contributed by atoms with van der Waals surface area (Å²) in [5, 5.41) is 14.2. The third-order valence-corrected chi connectivity index (χ3v) is 5.84. The van der Waals surface area contributed by atoms with Gasteiger partial charge in [0.15, 0.2) is 6.29 Å². The molecule has 10 nitrogen and oxygen atoms in total. The highest BCUT2D eigenvalue weighted by atomic mass is 16.6. The molecule has 1 aliphatic rings. The molecular weight excluding hydrogens is 478 g/mol. The van der Waals surface area contributed by atoms with Crippen molar-refractivity contribution < 1.29 is 28.8 Å². The molecule has 1 atom stereocenters. The van der Waals surface area contributed by atoms with Gasteiger partial charge in [-0.25, -0.2) is 9.59 Å². The average Bonchev–Trinajstić information content (AvgIpc) is 2.88. The summed E-state index contributed by atoms with van der Waals surface area (Å²) >= 11 is 0. The summed E-state index contributed by atoms with van der Waals surface area (Å²) in [4.78, 5) is 51.0. The minimum atomic E-state index is -1.10. The number of nitro benzene ring substituents is 1. The van der Waals surface area contributed by atoms with Gasteiger partial charge in [0.05, 0.1) is 34.3 Å². The van der Waals surface area contributed by atoms with E-state index >= 15 is 0 Å². The zero-order chi connectivity index (χ0) is 26.9. The Morgan fingerprint density at radius 2 is 1.78 bits per heavy atom. The van der Waals surface area contributed by atoms with Crippen molar-refractivity contribution >= 4 is 23.9 Å². The van der Waals surface area contributed by atoms with Gasteiger partial charge in [-0.15, -0.1) is 0 Å². The first kappa shape index (κ1) is 27.3. The summed E-state index contributed by atoms with van der Waals surface area (Å²) in [7, 11) is 1.90. The number of ether oxygens (including phenoxy) is 2. The van der Waals surface area contributed by atoms with Crippen molar-refractivity contribution in [3.63, 3.8) is 0 Å². The summed E-state index contributed by atoms with van der Waals surface area (Å²) in [6.07, 6.45) is 0.459. The first-order valence-corrected chi connectivity index (χ1v) is 11.7. The van der Waals surface area contributed by atoms with E-state index in [2.05, 4.69) is 5.32 Å². The molecule has 10 heteroatoms. The fourth-order valence-electron chi connectivity index (χ4n) is 4.15. The smallest absolute Gasteiger partial charge is 0.337 e. The molecule has 0 aliphatic carbocycles. The predicted molar refractivity (Wildman–Crippen MR) is 135 cm³/mol. The first-order valence-electron chi connectivity index (χ1n) is 11.7. The van der Waals surface area contributed by atoms with Crippen LogP contribution in [0.3, 0.4) is 0 Å². The van der Waals surface area contributed by atoms with Crippen LogP contribution in [0.2, 0.25) is 0 Å². The Morgan fingerprint density at radius 3 is 2.43 bits per heavy atom. The van der Waals surface area contributed by atoms with Crippen LogP contribution >= 0.6 is 0 Å². The van der Waals surface area contributed by atoms with E-state index in [9.17, 15) is 24.5 Å². The number of non-ortho nitro benzene ring substituents is 1. The summed E-state index contributed by atoms with van der Waals surface area (Å²) in [6, 6.07) is 15.4. The number of aldehydes is 1. The molecule has 0 bridgehead atoms. The lowest BCUT2D eigenvalue weighted by Crippen LogP contribution is -2.34. The van der Waals surface area contributed by atoms with Crippen molar-refractivity contribution in [3.8, 4) is 0 Å². The molecule has 1 N–H and O–H groups in total. The molecular formula is C27H29N3O7. The average molecular weight is 508 g/mol. The molecule has 1 aliphatic heterocycles. The maximum absolute atomic E-state index is 13.3. The SMILES string of the molecule is CCOC(=O)C1=C(C=O)NC(C)=C(C(=O)OCCN(C)Cc2ccccc2)C1c1cccc([N+](=O)[O-])c1. The van der Waals surface area contributed by atoms with Gasteiger partial charge in [0.2, 0.25) is 0 Å². The lowest BCUT2D eigenvalue weighted by molar-refractivity contribution is -0.384. The summed E-state index contributed by atoms with van der Waals surface area (Å²) in [5.41, 5.74) is 1.35. The zero-order valence-electron chi connectivity index (χ0n) is 20.9. The number of rotatable bonds is 11. The van der Waals surface area contributed by atoms with Crippen LogP contribution < -0.4 is 5.32 Å². The molecule has 2 aromatic carbocycles. The number of hydrogen-bond acceptors (Lipinski definition) is 9. The minimum Gasteiger partial charge on any atom is -0.463 e. The molecule has 0 radical (unpaired) electrons. The van der Waals surface area contributed by atoms with Crippen LogP contribution in [-0.4, -0.2) is 54.9 Å². The molecule has 3 rings (SSSR count). The fraction of sp³-hybridized carbons (Fsp3) is 0.296. The van der Waals surface area contributed by atoms with Crippen molar-refractivity contribution in [3.05, 3.63) is 98.4 Å². The normalized spacial score (nSPS) is 15.3. The third-order valence-electron chi connectivity index (χ3n) is 5.84. The number of hydrogen-bond donors (Lipinski definition) is 1. The molecule has 1 heterocycles. The number of likely N-dealkylation sites (N-methyl/N-ethyl adjacent to an activating group) is 1. The van der Waals surface area contributed by atoms with Crippen LogP contribution in [0.1, 0.15) is 30.9 Å². The number of nitrogens with zero attached hydrogens (tertiary/aromatic N) is 2. The predicted octanol–water partition coefficient (Wildman–Crippen LogP) is 3.25. The Balaban J connectivity index is 1.89. The highest BCUT2D eigenvalue weighted by molar-refractivity contribution is 6.03. The maximum Gasteiger partial charge on any atom is 0.337 e. The highest BCUT2D eigenvalue weighted by Crippen LogP contribution is 2.39. The summed E-state index contributed by atoms with van der Waals surface area (Å²) in [5.74, 6) is -2.62. The van der Waals surface area contributed by atoms with E-state index in [1.54, 1.807) is 19.9 Å². The van der Waals surface area contributed by atoms with Crippen LogP contribution in [0, 0.1) is 10.1 Å². The molecule has 37 heavy (non-hydrogen) atoms. The Morgan fingerprint density at radius 1 is 1.08 bits per heavy atom. The summed E-state index contributed by atoms with van der Waals surface area (Å²) < 4.78 is 10.7. The Kier molecular flexibility index (Phi) is 9.28. The van der Waals surface area contributed by atoms with Crippen LogP contribution in [0.4, 0.5) is 5.69 Å². The largest absolute Gasteiger partial charge is 0.463 e. The number of carbonyl (C=O) groups excluding carboxylic acids is 3. The van der Waals surface area contributed by atoms with Gasteiger partial charge >= 0.3 is 11.9 Å². The van der Waals surface area contributed by atoms with Gasteiger partial charge in [-0.05, 0) is 32.0 Å². The molecule has 0 saturated carbocycles. The van der Waals surface area contributed by atoms with E-state index in [1.807, 2.05) is 42.3 Å². The number of nitro groups is 1. The Hall–Kier alpha value is -4.31. The molecule has 0 saturated heterocycles. The van der Waals surface area contributed by atoms with Gasteiger partial charge in [-0.1, -0.05) is 42.5 Å². The van der Waals surface area contributed by atoms with E-state index < -0.39 is 22.8 Å². The topological polar surface area (TPSA) is 128 Å². The summed E-state index contributed by atoms with van der Waals surface area (Å²) in [6.45, 7) is 4.40. The standard InChI is InChI=1S/C27H29N3O7/c1-4-36-27(33)25-22(17-31)28-18(2)23(24(25)20-11-8-12-21(15-20)30(34)35)26(32)37-14-13-29(3)16-19-9-6-5-7-10-19/h5-12,15,17,24,28H,4,13-14,16H2,1-3H3. The number of esters is 2. The van der Waals surface area contributed by atoms with Gasteiger partial charge in [-0.2, -0.15) is 0 Å². The minimum absolute atomic E-state index is 0.0341.